The Morgan fingerprint density at radius 2 is 1.23 bits per heavy atom. The highest BCUT2D eigenvalue weighted by Crippen LogP contribution is 2.34. The van der Waals surface area contributed by atoms with Gasteiger partial charge < -0.3 is 9.47 Å². The number of benzene rings is 3. The molecule has 0 radical (unpaired) electrons. The van der Waals surface area contributed by atoms with Crippen LogP contribution in [-0.4, -0.2) is 13.2 Å². The Morgan fingerprint density at radius 3 is 1.82 bits per heavy atom. The summed E-state index contributed by atoms with van der Waals surface area (Å²) < 4.78 is 70.8. The van der Waals surface area contributed by atoms with Crippen LogP contribution < -0.4 is 0 Å². The minimum atomic E-state index is -1.04. The second-order valence-corrected chi connectivity index (χ2v) is 10.2. The van der Waals surface area contributed by atoms with Gasteiger partial charge in [-0.05, 0) is 29.5 Å². The monoisotopic (exact) mass is 540 g/mol. The zero-order valence-electron chi connectivity index (χ0n) is 22.5. The molecule has 1 aliphatic heterocycles. The van der Waals surface area contributed by atoms with Crippen LogP contribution in [0.5, 0.6) is 0 Å². The summed E-state index contributed by atoms with van der Waals surface area (Å²) >= 11 is 0. The zero-order valence-corrected chi connectivity index (χ0v) is 22.5. The number of hydrogen-bond acceptors (Lipinski definition) is 2. The summed E-state index contributed by atoms with van der Waals surface area (Å²) in [6.07, 6.45) is 9.00. The second kappa shape index (κ2) is 13.9. The van der Waals surface area contributed by atoms with E-state index in [-0.39, 0.29) is 22.6 Å². The van der Waals surface area contributed by atoms with Crippen LogP contribution in [0.1, 0.15) is 69.3 Å². The van der Waals surface area contributed by atoms with Crippen LogP contribution in [-0.2, 0) is 15.9 Å². The van der Waals surface area contributed by atoms with Gasteiger partial charge in [-0.3, -0.25) is 0 Å². The first kappa shape index (κ1) is 29.0. The lowest BCUT2D eigenvalue weighted by molar-refractivity contribution is -0.198. The van der Waals surface area contributed by atoms with E-state index in [0.29, 0.717) is 36.3 Å². The van der Waals surface area contributed by atoms with E-state index >= 15 is 4.39 Å². The molecule has 2 nitrogen and oxygen atoms in total. The van der Waals surface area contributed by atoms with Crippen molar-refractivity contribution in [3.63, 3.8) is 0 Å². The fraction of sp³-hybridized carbons (Fsp3) is 0.394. The lowest BCUT2D eigenvalue weighted by Crippen LogP contribution is -2.26. The number of ether oxygens (including phenoxy) is 2. The molecule has 0 aromatic heterocycles. The van der Waals surface area contributed by atoms with Crippen molar-refractivity contribution >= 4 is 0 Å². The quantitative estimate of drug-likeness (QED) is 0.129. The maximum atomic E-state index is 15.0. The van der Waals surface area contributed by atoms with Gasteiger partial charge in [-0.15, -0.1) is 6.58 Å². The molecule has 1 saturated heterocycles. The molecule has 39 heavy (non-hydrogen) atoms. The summed E-state index contributed by atoms with van der Waals surface area (Å²) in [4.78, 5) is 0. The van der Waals surface area contributed by atoms with Crippen LogP contribution in [0, 0.1) is 29.2 Å². The van der Waals surface area contributed by atoms with E-state index in [2.05, 4.69) is 13.5 Å². The molecule has 0 saturated carbocycles. The van der Waals surface area contributed by atoms with Gasteiger partial charge in [0.05, 0.1) is 13.2 Å². The predicted octanol–water partition coefficient (Wildman–Crippen LogP) is 9.72. The van der Waals surface area contributed by atoms with Crippen molar-refractivity contribution in [3.05, 3.63) is 95.6 Å². The van der Waals surface area contributed by atoms with Gasteiger partial charge >= 0.3 is 0 Å². The molecule has 1 heterocycles. The fourth-order valence-electron chi connectivity index (χ4n) is 4.91. The first-order valence-corrected chi connectivity index (χ1v) is 13.9. The third-order valence-electron chi connectivity index (χ3n) is 7.34. The van der Waals surface area contributed by atoms with Crippen LogP contribution in [0.4, 0.5) is 17.6 Å². The summed E-state index contributed by atoms with van der Waals surface area (Å²) in [5.74, 6) is -3.77. The molecule has 0 amide bonds. The highest BCUT2D eigenvalue weighted by atomic mass is 19.2. The van der Waals surface area contributed by atoms with Crippen molar-refractivity contribution in [3.8, 4) is 22.3 Å². The molecule has 4 rings (SSSR count). The summed E-state index contributed by atoms with van der Waals surface area (Å²) in [5, 5.41) is 0. The average molecular weight is 541 g/mol. The van der Waals surface area contributed by atoms with Gasteiger partial charge in [-0.2, -0.15) is 0 Å². The van der Waals surface area contributed by atoms with Crippen molar-refractivity contribution in [2.45, 2.75) is 64.6 Å². The zero-order chi connectivity index (χ0) is 27.8. The van der Waals surface area contributed by atoms with E-state index in [0.717, 1.165) is 19.3 Å². The Labute approximate surface area is 228 Å². The molecule has 3 aromatic rings. The van der Waals surface area contributed by atoms with E-state index < -0.39 is 29.6 Å². The maximum absolute atomic E-state index is 15.0. The Kier molecular flexibility index (Phi) is 10.4. The predicted molar refractivity (Wildman–Crippen MR) is 147 cm³/mol. The molecular weight excluding hydrogens is 504 g/mol. The summed E-state index contributed by atoms with van der Waals surface area (Å²) in [6.45, 7) is 6.50. The van der Waals surface area contributed by atoms with Gasteiger partial charge in [0.15, 0.2) is 29.6 Å². The number of halogens is 4. The number of unbranched alkanes of at least 4 members (excludes halogenated alkanes) is 6. The molecule has 0 atom stereocenters. The lowest BCUT2D eigenvalue weighted by Gasteiger charge is -2.28. The molecule has 1 fully saturated rings. The van der Waals surface area contributed by atoms with Gasteiger partial charge in [0.25, 0.3) is 0 Å². The molecule has 0 spiro atoms. The molecule has 0 N–H and O–H groups in total. The average Bonchev–Trinajstić information content (AvgIpc) is 2.96. The van der Waals surface area contributed by atoms with Crippen LogP contribution in [0.25, 0.3) is 22.3 Å². The van der Waals surface area contributed by atoms with E-state index in [9.17, 15) is 13.2 Å². The van der Waals surface area contributed by atoms with E-state index in [4.69, 9.17) is 9.47 Å². The Hall–Kier alpha value is -2.96. The highest BCUT2D eigenvalue weighted by Gasteiger charge is 2.27. The molecule has 0 bridgehead atoms. The summed E-state index contributed by atoms with van der Waals surface area (Å²) in [6, 6.07) is 12.4. The smallest absolute Gasteiger partial charge is 0.186 e. The van der Waals surface area contributed by atoms with Crippen molar-refractivity contribution in [1.29, 1.82) is 0 Å². The molecule has 0 aliphatic carbocycles. The normalized spacial score (nSPS) is 17.4. The van der Waals surface area contributed by atoms with Gasteiger partial charge in [0.1, 0.15) is 0 Å². The van der Waals surface area contributed by atoms with Crippen LogP contribution in [0.2, 0.25) is 0 Å². The third kappa shape index (κ3) is 6.98. The van der Waals surface area contributed by atoms with Crippen molar-refractivity contribution in [1.82, 2.24) is 0 Å². The van der Waals surface area contributed by atoms with E-state index in [1.54, 1.807) is 42.5 Å². The first-order chi connectivity index (χ1) is 18.9. The molecule has 0 unspecified atom stereocenters. The number of rotatable bonds is 12. The Bertz CT molecular complexity index is 1250. The van der Waals surface area contributed by atoms with Crippen molar-refractivity contribution in [2.24, 2.45) is 5.92 Å². The second-order valence-electron chi connectivity index (χ2n) is 10.2. The standard InChI is InChI=1S/C33H36F4O2/c1-3-5-6-7-8-9-10-11-25-16-17-26(30(35)29(25)34)23-12-14-24(15-13-23)27-18-19-28(32(37)31(27)36)33-38-20-22(4-2)21-39-33/h4,12-19,22,33H,2-3,5-11,20-21H2,1H3. The summed E-state index contributed by atoms with van der Waals surface area (Å²) in [5.41, 5.74) is 1.42. The van der Waals surface area contributed by atoms with Crippen LogP contribution in [0.3, 0.4) is 0 Å². The van der Waals surface area contributed by atoms with Crippen molar-refractivity contribution < 1.29 is 27.0 Å². The minimum Gasteiger partial charge on any atom is -0.348 e. The van der Waals surface area contributed by atoms with Gasteiger partial charge in [0.2, 0.25) is 0 Å². The summed E-state index contributed by atoms with van der Waals surface area (Å²) in [7, 11) is 0. The Morgan fingerprint density at radius 1 is 0.692 bits per heavy atom. The molecule has 1 aliphatic rings. The number of aryl methyl sites for hydroxylation is 1. The highest BCUT2D eigenvalue weighted by molar-refractivity contribution is 5.71. The third-order valence-corrected chi connectivity index (χ3v) is 7.34. The Balaban J connectivity index is 1.43. The maximum Gasteiger partial charge on any atom is 0.186 e. The minimum absolute atomic E-state index is 0.00608. The SMILES string of the molecule is C=CC1COC(c2ccc(-c3ccc(-c4ccc(CCCCCCCCC)c(F)c4F)cc3)c(F)c2F)OC1. The molecular formula is C33H36F4O2. The van der Waals surface area contributed by atoms with Crippen LogP contribution >= 0.6 is 0 Å². The van der Waals surface area contributed by atoms with E-state index in [1.165, 1.54) is 37.8 Å². The van der Waals surface area contributed by atoms with Crippen LogP contribution in [0.15, 0.2) is 61.2 Å². The molecule has 6 heteroatoms. The van der Waals surface area contributed by atoms with Gasteiger partial charge in [-0.25, -0.2) is 17.6 Å². The number of hydrogen-bond donors (Lipinski definition) is 0. The van der Waals surface area contributed by atoms with Crippen molar-refractivity contribution in [2.75, 3.05) is 13.2 Å². The fourth-order valence-corrected chi connectivity index (χ4v) is 4.91. The van der Waals surface area contributed by atoms with E-state index in [1.807, 2.05) is 0 Å². The lowest BCUT2D eigenvalue weighted by atomic mass is 9.96. The molecule has 3 aromatic carbocycles. The van der Waals surface area contributed by atoms with Gasteiger partial charge in [0, 0.05) is 22.6 Å². The first-order valence-electron chi connectivity index (χ1n) is 13.9. The largest absolute Gasteiger partial charge is 0.348 e. The molecule has 208 valence electrons. The topological polar surface area (TPSA) is 18.5 Å². The van der Waals surface area contributed by atoms with Gasteiger partial charge in [-0.1, -0.05) is 100 Å².